The Kier molecular flexibility index (Phi) is 3.39. The van der Waals surface area contributed by atoms with E-state index >= 15 is 0 Å². The van der Waals surface area contributed by atoms with Crippen LogP contribution in [0.1, 0.15) is 16.1 Å². The lowest BCUT2D eigenvalue weighted by molar-refractivity contribution is 0.0994. The number of hydrogen-bond acceptors (Lipinski definition) is 5. The van der Waals surface area contributed by atoms with E-state index in [0.717, 1.165) is 5.69 Å². The Hall–Kier alpha value is -2.94. The second kappa shape index (κ2) is 5.14. The highest BCUT2D eigenvalue weighted by molar-refractivity contribution is 5.90. The number of hydrogen-bond donors (Lipinski definition) is 1. The Balaban J connectivity index is 2.30. The number of nitriles is 1. The molecule has 0 aliphatic rings. The van der Waals surface area contributed by atoms with E-state index in [9.17, 15) is 4.79 Å². The summed E-state index contributed by atoms with van der Waals surface area (Å²) < 4.78 is 0. The largest absolute Gasteiger partial charge is 0.364 e. The van der Waals surface area contributed by atoms with Gasteiger partial charge in [0, 0.05) is 12.7 Å². The van der Waals surface area contributed by atoms with Gasteiger partial charge >= 0.3 is 0 Å². The zero-order valence-electron chi connectivity index (χ0n) is 10.2. The molecule has 0 unspecified atom stereocenters. The van der Waals surface area contributed by atoms with Crippen LogP contribution in [0.15, 0.2) is 36.4 Å². The van der Waals surface area contributed by atoms with Gasteiger partial charge in [-0.2, -0.15) is 5.26 Å². The molecule has 1 heterocycles. The van der Waals surface area contributed by atoms with E-state index in [0.29, 0.717) is 11.4 Å². The average molecular weight is 253 g/mol. The van der Waals surface area contributed by atoms with Crippen molar-refractivity contribution in [2.45, 2.75) is 0 Å². The van der Waals surface area contributed by atoms with E-state index in [4.69, 9.17) is 11.0 Å². The predicted octanol–water partition coefficient (Wildman–Crippen LogP) is 1.22. The van der Waals surface area contributed by atoms with Gasteiger partial charge in [0.05, 0.1) is 11.6 Å². The van der Waals surface area contributed by atoms with Gasteiger partial charge in [-0.15, -0.1) is 10.2 Å². The summed E-state index contributed by atoms with van der Waals surface area (Å²) in [5, 5.41) is 16.5. The SMILES string of the molecule is CN(c1cccc(C#N)c1)c1ccc(C(N)=O)nn1. The van der Waals surface area contributed by atoms with Crippen LogP contribution in [-0.4, -0.2) is 23.2 Å². The predicted molar refractivity (Wildman–Crippen MR) is 69.8 cm³/mol. The van der Waals surface area contributed by atoms with Crippen molar-refractivity contribution in [2.24, 2.45) is 5.73 Å². The molecular weight excluding hydrogens is 242 g/mol. The molecule has 6 nitrogen and oxygen atoms in total. The fourth-order valence-electron chi connectivity index (χ4n) is 1.55. The van der Waals surface area contributed by atoms with Gasteiger partial charge in [0.1, 0.15) is 0 Å². The summed E-state index contributed by atoms with van der Waals surface area (Å²) in [6.45, 7) is 0. The standard InChI is InChI=1S/C13H11N5O/c1-18(10-4-2-3-9(7-10)8-14)12-6-5-11(13(15)19)16-17-12/h2-7H,1H3,(H2,15,19). The van der Waals surface area contributed by atoms with Crippen LogP contribution in [0, 0.1) is 11.3 Å². The molecule has 6 heteroatoms. The molecule has 0 aliphatic carbocycles. The number of anilines is 2. The maximum absolute atomic E-state index is 10.9. The topological polar surface area (TPSA) is 95.9 Å². The van der Waals surface area contributed by atoms with Gasteiger partial charge in [0.15, 0.2) is 11.5 Å². The number of nitrogens with zero attached hydrogens (tertiary/aromatic N) is 4. The normalized spacial score (nSPS) is 9.68. The van der Waals surface area contributed by atoms with Crippen LogP contribution < -0.4 is 10.6 Å². The van der Waals surface area contributed by atoms with E-state index in [-0.39, 0.29) is 5.69 Å². The van der Waals surface area contributed by atoms with E-state index < -0.39 is 5.91 Å². The van der Waals surface area contributed by atoms with Crippen LogP contribution >= 0.6 is 0 Å². The monoisotopic (exact) mass is 253 g/mol. The smallest absolute Gasteiger partial charge is 0.269 e. The summed E-state index contributed by atoms with van der Waals surface area (Å²) in [6.07, 6.45) is 0. The minimum absolute atomic E-state index is 0.114. The Labute approximate surface area is 110 Å². The number of benzene rings is 1. The number of amides is 1. The van der Waals surface area contributed by atoms with Crippen LogP contribution in [0.25, 0.3) is 0 Å². The lowest BCUT2D eigenvalue weighted by atomic mass is 10.2. The molecule has 94 valence electrons. The number of primary amides is 1. The van der Waals surface area contributed by atoms with E-state index in [1.54, 1.807) is 36.2 Å². The molecule has 1 aromatic heterocycles. The second-order valence-corrected chi connectivity index (χ2v) is 3.86. The zero-order chi connectivity index (χ0) is 13.8. The van der Waals surface area contributed by atoms with E-state index in [2.05, 4.69) is 16.3 Å². The van der Waals surface area contributed by atoms with Crippen molar-refractivity contribution in [1.82, 2.24) is 10.2 Å². The van der Waals surface area contributed by atoms with Gasteiger partial charge < -0.3 is 10.6 Å². The first kappa shape index (κ1) is 12.5. The minimum Gasteiger partial charge on any atom is -0.364 e. The van der Waals surface area contributed by atoms with Crippen molar-refractivity contribution in [3.63, 3.8) is 0 Å². The number of carbonyl (C=O) groups excluding carboxylic acids is 1. The average Bonchev–Trinajstić information content (AvgIpc) is 2.46. The van der Waals surface area contributed by atoms with Gasteiger partial charge in [-0.25, -0.2) is 0 Å². The molecule has 19 heavy (non-hydrogen) atoms. The highest BCUT2D eigenvalue weighted by Gasteiger charge is 2.08. The number of aromatic nitrogens is 2. The molecule has 0 aliphatic heterocycles. The molecule has 0 fully saturated rings. The lowest BCUT2D eigenvalue weighted by Crippen LogP contribution is -2.16. The molecule has 2 rings (SSSR count). The first-order valence-electron chi connectivity index (χ1n) is 5.49. The zero-order valence-corrected chi connectivity index (χ0v) is 10.2. The van der Waals surface area contributed by atoms with Gasteiger partial charge in [-0.05, 0) is 30.3 Å². The van der Waals surface area contributed by atoms with Crippen molar-refractivity contribution in [3.05, 3.63) is 47.7 Å². The molecule has 0 saturated carbocycles. The maximum atomic E-state index is 10.9. The Morgan fingerprint density at radius 2 is 2.11 bits per heavy atom. The molecule has 1 amide bonds. The van der Waals surface area contributed by atoms with E-state index in [1.807, 2.05) is 6.07 Å². The fourth-order valence-corrected chi connectivity index (χ4v) is 1.55. The summed E-state index contributed by atoms with van der Waals surface area (Å²) in [7, 11) is 1.80. The molecule has 0 spiro atoms. The Morgan fingerprint density at radius 1 is 1.32 bits per heavy atom. The van der Waals surface area contributed by atoms with Crippen molar-refractivity contribution in [1.29, 1.82) is 5.26 Å². The molecule has 0 radical (unpaired) electrons. The van der Waals surface area contributed by atoms with Crippen molar-refractivity contribution in [3.8, 4) is 6.07 Å². The van der Waals surface area contributed by atoms with E-state index in [1.165, 1.54) is 6.07 Å². The Bertz CT molecular complexity index is 645. The third kappa shape index (κ3) is 2.66. The maximum Gasteiger partial charge on any atom is 0.269 e. The molecule has 0 bridgehead atoms. The summed E-state index contributed by atoms with van der Waals surface area (Å²) in [5.41, 5.74) is 6.58. The van der Waals surface area contributed by atoms with Crippen LogP contribution in [0.4, 0.5) is 11.5 Å². The molecule has 0 atom stereocenters. The summed E-state index contributed by atoms with van der Waals surface area (Å²) in [4.78, 5) is 12.7. The van der Waals surface area contributed by atoms with Gasteiger partial charge in [-0.1, -0.05) is 6.07 Å². The third-order valence-corrected chi connectivity index (χ3v) is 2.61. The highest BCUT2D eigenvalue weighted by Crippen LogP contribution is 2.21. The first-order chi connectivity index (χ1) is 9.11. The summed E-state index contributed by atoms with van der Waals surface area (Å²) in [6, 6.07) is 12.3. The first-order valence-corrected chi connectivity index (χ1v) is 5.49. The minimum atomic E-state index is -0.617. The number of rotatable bonds is 3. The number of nitrogens with two attached hydrogens (primary N) is 1. The van der Waals surface area contributed by atoms with Crippen LogP contribution in [0.5, 0.6) is 0 Å². The molecular formula is C13H11N5O. The third-order valence-electron chi connectivity index (χ3n) is 2.61. The van der Waals surface area contributed by atoms with Gasteiger partial charge in [0.25, 0.3) is 5.91 Å². The second-order valence-electron chi connectivity index (χ2n) is 3.86. The van der Waals surface area contributed by atoms with Gasteiger partial charge in [-0.3, -0.25) is 4.79 Å². The highest BCUT2D eigenvalue weighted by atomic mass is 16.1. The Morgan fingerprint density at radius 3 is 2.68 bits per heavy atom. The van der Waals surface area contributed by atoms with Crippen molar-refractivity contribution in [2.75, 3.05) is 11.9 Å². The molecule has 2 aromatic rings. The van der Waals surface area contributed by atoms with Crippen molar-refractivity contribution < 1.29 is 4.79 Å². The van der Waals surface area contributed by atoms with Crippen LogP contribution in [0.3, 0.4) is 0 Å². The lowest BCUT2D eigenvalue weighted by Gasteiger charge is -2.17. The van der Waals surface area contributed by atoms with Crippen LogP contribution in [0.2, 0.25) is 0 Å². The summed E-state index contributed by atoms with van der Waals surface area (Å²) >= 11 is 0. The molecule has 1 aromatic carbocycles. The van der Waals surface area contributed by atoms with Gasteiger partial charge in [0.2, 0.25) is 0 Å². The number of carbonyl (C=O) groups is 1. The quantitative estimate of drug-likeness (QED) is 0.887. The molecule has 0 saturated heterocycles. The molecule has 2 N–H and O–H groups in total. The fraction of sp³-hybridized carbons (Fsp3) is 0.0769. The summed E-state index contributed by atoms with van der Waals surface area (Å²) in [5.74, 6) is -0.0618. The van der Waals surface area contributed by atoms with Crippen LogP contribution in [-0.2, 0) is 0 Å². The van der Waals surface area contributed by atoms with Crippen molar-refractivity contribution >= 4 is 17.4 Å².